The summed E-state index contributed by atoms with van der Waals surface area (Å²) in [4.78, 5) is 38.6. The van der Waals surface area contributed by atoms with E-state index >= 15 is 0 Å². The van der Waals surface area contributed by atoms with Gasteiger partial charge >= 0.3 is 0 Å². The molecule has 2 amide bonds. The minimum Gasteiger partial charge on any atom is -0.495 e. The van der Waals surface area contributed by atoms with E-state index in [2.05, 4.69) is 36.2 Å². The van der Waals surface area contributed by atoms with Crippen LogP contribution in [0.15, 0.2) is 42.6 Å². The Bertz CT molecular complexity index is 1500. The van der Waals surface area contributed by atoms with Gasteiger partial charge < -0.3 is 35.9 Å². The van der Waals surface area contributed by atoms with Crippen molar-refractivity contribution in [1.29, 1.82) is 0 Å². The number of aromatic nitrogens is 3. The third-order valence-corrected chi connectivity index (χ3v) is 5.66. The predicted molar refractivity (Wildman–Crippen MR) is 145 cm³/mol. The first-order valence-corrected chi connectivity index (χ1v) is 11.7. The van der Waals surface area contributed by atoms with E-state index in [1.54, 1.807) is 35.4 Å². The van der Waals surface area contributed by atoms with Crippen LogP contribution in [-0.4, -0.2) is 66.5 Å². The molecule has 38 heavy (non-hydrogen) atoms. The van der Waals surface area contributed by atoms with Gasteiger partial charge in [-0.25, -0.2) is 4.39 Å². The maximum atomic E-state index is 14.5. The van der Waals surface area contributed by atoms with Crippen LogP contribution in [0.2, 0.25) is 0 Å². The third kappa shape index (κ3) is 5.65. The molecular formula is C26H29FN8O3. The first kappa shape index (κ1) is 26.4. The molecular weight excluding hydrogens is 491 g/mol. The van der Waals surface area contributed by atoms with Gasteiger partial charge in [0.05, 0.1) is 36.0 Å². The van der Waals surface area contributed by atoms with Gasteiger partial charge in [0.1, 0.15) is 23.0 Å². The number of amides is 2. The number of rotatable bonds is 9. The molecule has 4 aromatic rings. The summed E-state index contributed by atoms with van der Waals surface area (Å²) >= 11 is 0. The van der Waals surface area contributed by atoms with E-state index in [-0.39, 0.29) is 29.7 Å². The number of carbonyl (C=O) groups excluding carboxylic acids is 2. The number of methoxy groups -OCH3 is 1. The lowest BCUT2D eigenvalue weighted by Gasteiger charge is -2.17. The van der Waals surface area contributed by atoms with Crippen LogP contribution in [0, 0.1) is 12.7 Å². The van der Waals surface area contributed by atoms with Crippen LogP contribution >= 0.6 is 0 Å². The first-order valence-electron chi connectivity index (χ1n) is 11.7. The third-order valence-electron chi connectivity index (χ3n) is 5.66. The number of likely N-dealkylation sites (N-methyl/N-ethyl adjacent to an activating group) is 1. The number of ether oxygens (including phenoxy) is 1. The van der Waals surface area contributed by atoms with Gasteiger partial charge in [0.2, 0.25) is 11.9 Å². The lowest BCUT2D eigenvalue weighted by atomic mass is 10.1. The largest absolute Gasteiger partial charge is 0.495 e. The van der Waals surface area contributed by atoms with Crippen molar-refractivity contribution in [3.63, 3.8) is 0 Å². The number of H-pyrrole nitrogens is 1. The van der Waals surface area contributed by atoms with Crippen LogP contribution in [0.25, 0.3) is 11.0 Å². The molecule has 0 radical (unpaired) electrons. The van der Waals surface area contributed by atoms with Gasteiger partial charge in [-0.3, -0.25) is 9.59 Å². The zero-order valence-electron chi connectivity index (χ0n) is 21.7. The molecule has 0 aliphatic carbocycles. The summed E-state index contributed by atoms with van der Waals surface area (Å²) in [7, 11) is 6.60. The smallest absolute Gasteiger partial charge is 0.256 e. The van der Waals surface area contributed by atoms with Crippen molar-refractivity contribution in [2.24, 2.45) is 0 Å². The molecule has 0 aliphatic heterocycles. The number of carbonyl (C=O) groups is 2. The standard InChI is InChI=1S/C26H29FN8O3/c1-14-11-20(38-5)19(12-18(14)30-21(36)13-35(3)4)32-26-33-23-15(9-10-29-23)24(34-26)31-17-8-6-7-16(27)22(17)25(37)28-2/h6-12H,13H2,1-5H3,(H,28,37)(H,30,36)(H3,29,31,32,33,34). The van der Waals surface area contributed by atoms with E-state index in [9.17, 15) is 14.0 Å². The molecule has 0 saturated heterocycles. The fraction of sp³-hybridized carbons (Fsp3) is 0.231. The summed E-state index contributed by atoms with van der Waals surface area (Å²) in [5.74, 6) is -0.332. The quantitative estimate of drug-likeness (QED) is 0.225. The van der Waals surface area contributed by atoms with Crippen molar-refractivity contribution in [2.75, 3.05) is 50.7 Å². The fourth-order valence-corrected chi connectivity index (χ4v) is 3.88. The second-order valence-electron chi connectivity index (χ2n) is 8.78. The molecule has 5 N–H and O–H groups in total. The van der Waals surface area contributed by atoms with Crippen molar-refractivity contribution < 1.29 is 18.7 Å². The monoisotopic (exact) mass is 520 g/mol. The Hall–Kier alpha value is -4.71. The van der Waals surface area contributed by atoms with Crippen LogP contribution in [0.4, 0.5) is 33.2 Å². The molecule has 0 saturated carbocycles. The summed E-state index contributed by atoms with van der Waals surface area (Å²) in [5.41, 5.74) is 2.56. The van der Waals surface area contributed by atoms with Crippen molar-refractivity contribution in [1.82, 2.24) is 25.2 Å². The van der Waals surface area contributed by atoms with Crippen LogP contribution in [-0.2, 0) is 4.79 Å². The molecule has 0 fully saturated rings. The van der Waals surface area contributed by atoms with E-state index in [1.165, 1.54) is 26.3 Å². The number of benzene rings is 2. The van der Waals surface area contributed by atoms with E-state index in [0.29, 0.717) is 34.0 Å². The highest BCUT2D eigenvalue weighted by Crippen LogP contribution is 2.34. The zero-order chi connectivity index (χ0) is 27.4. The molecule has 198 valence electrons. The van der Waals surface area contributed by atoms with Gasteiger partial charge in [-0.1, -0.05) is 6.07 Å². The number of aromatic amines is 1. The Kier molecular flexibility index (Phi) is 7.72. The Morgan fingerprint density at radius 3 is 2.58 bits per heavy atom. The maximum Gasteiger partial charge on any atom is 0.256 e. The first-order chi connectivity index (χ1) is 18.2. The molecule has 4 rings (SSSR count). The van der Waals surface area contributed by atoms with Crippen LogP contribution < -0.4 is 26.0 Å². The SMILES string of the molecule is CNC(=O)c1c(F)cccc1Nc1nc(Nc2cc(NC(=O)CN(C)C)c(C)cc2OC)nc2[nH]ccc12. The van der Waals surface area contributed by atoms with E-state index in [1.807, 2.05) is 21.0 Å². The number of hydrogen-bond donors (Lipinski definition) is 5. The number of hydrogen-bond acceptors (Lipinski definition) is 8. The van der Waals surface area contributed by atoms with Crippen LogP contribution in [0.1, 0.15) is 15.9 Å². The highest BCUT2D eigenvalue weighted by Gasteiger charge is 2.19. The van der Waals surface area contributed by atoms with Crippen LogP contribution in [0.5, 0.6) is 5.75 Å². The summed E-state index contributed by atoms with van der Waals surface area (Å²) < 4.78 is 20.1. The second-order valence-corrected chi connectivity index (χ2v) is 8.78. The van der Waals surface area contributed by atoms with Crippen molar-refractivity contribution in [2.45, 2.75) is 6.92 Å². The molecule has 0 aliphatic rings. The van der Waals surface area contributed by atoms with Gasteiger partial charge in [0.15, 0.2) is 0 Å². The second kappa shape index (κ2) is 11.1. The highest BCUT2D eigenvalue weighted by atomic mass is 19.1. The zero-order valence-corrected chi connectivity index (χ0v) is 21.7. The molecule has 2 aromatic heterocycles. The van der Waals surface area contributed by atoms with Gasteiger partial charge in [-0.2, -0.15) is 9.97 Å². The fourth-order valence-electron chi connectivity index (χ4n) is 3.88. The molecule has 0 spiro atoms. The number of fused-ring (bicyclic) bond motifs is 1. The average molecular weight is 521 g/mol. The Labute approximate surface area is 218 Å². The highest BCUT2D eigenvalue weighted by molar-refractivity contribution is 6.01. The number of anilines is 5. The Morgan fingerprint density at radius 1 is 1.08 bits per heavy atom. The van der Waals surface area contributed by atoms with Gasteiger partial charge in [0.25, 0.3) is 5.91 Å². The maximum absolute atomic E-state index is 14.5. The van der Waals surface area contributed by atoms with Crippen LogP contribution in [0.3, 0.4) is 0 Å². The van der Waals surface area contributed by atoms with Gasteiger partial charge in [0, 0.05) is 18.9 Å². The minimum atomic E-state index is -0.666. The molecule has 2 aromatic carbocycles. The Balaban J connectivity index is 1.72. The summed E-state index contributed by atoms with van der Waals surface area (Å²) in [6.07, 6.45) is 1.70. The van der Waals surface area contributed by atoms with E-state index in [4.69, 9.17) is 4.74 Å². The summed E-state index contributed by atoms with van der Waals surface area (Å²) in [6.45, 7) is 2.10. The summed E-state index contributed by atoms with van der Waals surface area (Å²) in [6, 6.07) is 9.61. The lowest BCUT2D eigenvalue weighted by Crippen LogP contribution is -2.27. The van der Waals surface area contributed by atoms with Crippen molar-refractivity contribution >= 4 is 51.7 Å². The van der Waals surface area contributed by atoms with Crippen molar-refractivity contribution in [3.8, 4) is 5.75 Å². The lowest BCUT2D eigenvalue weighted by molar-refractivity contribution is -0.116. The van der Waals surface area contributed by atoms with Crippen molar-refractivity contribution in [3.05, 3.63) is 59.5 Å². The molecule has 0 bridgehead atoms. The van der Waals surface area contributed by atoms with Gasteiger partial charge in [-0.05, 0) is 56.9 Å². The average Bonchev–Trinajstić information content (AvgIpc) is 3.34. The van der Waals surface area contributed by atoms with Gasteiger partial charge in [-0.15, -0.1) is 0 Å². The molecule has 2 heterocycles. The van der Waals surface area contributed by atoms with E-state index < -0.39 is 11.7 Å². The predicted octanol–water partition coefficient (Wildman–Crippen LogP) is 3.76. The molecule has 12 heteroatoms. The molecule has 11 nitrogen and oxygen atoms in total. The normalized spacial score (nSPS) is 10.9. The minimum absolute atomic E-state index is 0.134. The summed E-state index contributed by atoms with van der Waals surface area (Å²) in [5, 5.41) is 12.2. The topological polar surface area (TPSA) is 136 Å². The Morgan fingerprint density at radius 2 is 1.87 bits per heavy atom. The molecule has 0 atom stereocenters. The number of halogens is 1. The van der Waals surface area contributed by atoms with E-state index in [0.717, 1.165) is 5.56 Å². The molecule has 0 unspecified atom stereocenters. The number of aryl methyl sites for hydroxylation is 1. The number of nitrogens with zero attached hydrogens (tertiary/aromatic N) is 3. The number of nitrogens with one attached hydrogen (secondary N) is 5.